The van der Waals surface area contributed by atoms with Crippen LogP contribution < -0.4 is 5.73 Å². The molecule has 0 aliphatic carbocycles. The Balaban J connectivity index is 2.36. The van der Waals surface area contributed by atoms with Crippen molar-refractivity contribution in [2.75, 3.05) is 0 Å². The van der Waals surface area contributed by atoms with Gasteiger partial charge in [-0.1, -0.05) is 30.0 Å². The second-order valence-electron chi connectivity index (χ2n) is 3.59. The molecule has 0 aromatic heterocycles. The molecule has 0 fully saturated rings. The average molecular weight is 330 g/mol. The fraction of sp³-hybridized carbons (Fsp3) is 0.0769. The highest BCUT2D eigenvalue weighted by atomic mass is 79.9. The van der Waals surface area contributed by atoms with Gasteiger partial charge in [-0.25, -0.2) is 8.78 Å². The highest BCUT2D eigenvalue weighted by molar-refractivity contribution is 9.10. The first kappa shape index (κ1) is 13.5. The largest absolute Gasteiger partial charge is 0.326 e. The molecule has 2 aromatic rings. The summed E-state index contributed by atoms with van der Waals surface area (Å²) in [5.74, 6) is -0.771. The van der Waals surface area contributed by atoms with E-state index >= 15 is 0 Å². The molecular weight excluding hydrogens is 320 g/mol. The number of hydrogen-bond acceptors (Lipinski definition) is 2. The second kappa shape index (κ2) is 5.82. The molecule has 0 amide bonds. The highest BCUT2D eigenvalue weighted by Gasteiger charge is 2.13. The van der Waals surface area contributed by atoms with Gasteiger partial charge in [-0.05, 0) is 39.7 Å². The minimum absolute atomic E-state index is 0.252. The fourth-order valence-corrected chi connectivity index (χ4v) is 2.97. The van der Waals surface area contributed by atoms with Crippen LogP contribution >= 0.6 is 27.7 Å². The van der Waals surface area contributed by atoms with E-state index < -0.39 is 5.82 Å². The molecular formula is C13H10BrF2NS. The summed E-state index contributed by atoms with van der Waals surface area (Å²) >= 11 is 4.21. The zero-order valence-corrected chi connectivity index (χ0v) is 11.7. The van der Waals surface area contributed by atoms with Crippen molar-refractivity contribution in [2.45, 2.75) is 16.3 Å². The fourth-order valence-electron chi connectivity index (χ4n) is 1.45. The summed E-state index contributed by atoms with van der Waals surface area (Å²) in [5.41, 5.74) is 6.17. The average Bonchev–Trinajstić information content (AvgIpc) is 2.38. The van der Waals surface area contributed by atoms with Gasteiger partial charge in [0.25, 0.3) is 0 Å². The lowest BCUT2D eigenvalue weighted by molar-refractivity contribution is 0.589. The van der Waals surface area contributed by atoms with Gasteiger partial charge in [-0.3, -0.25) is 0 Å². The Morgan fingerprint density at radius 1 is 1.06 bits per heavy atom. The van der Waals surface area contributed by atoms with E-state index in [4.69, 9.17) is 5.73 Å². The van der Waals surface area contributed by atoms with E-state index in [9.17, 15) is 8.78 Å². The summed E-state index contributed by atoms with van der Waals surface area (Å²) in [6, 6.07) is 9.62. The van der Waals surface area contributed by atoms with Gasteiger partial charge in [0.15, 0.2) is 5.82 Å². The van der Waals surface area contributed by atoms with E-state index in [2.05, 4.69) is 15.9 Å². The molecule has 0 spiro atoms. The Bertz CT molecular complexity index is 575. The van der Waals surface area contributed by atoms with Crippen molar-refractivity contribution in [1.29, 1.82) is 0 Å². The van der Waals surface area contributed by atoms with Crippen molar-refractivity contribution in [3.05, 3.63) is 58.1 Å². The maximum absolute atomic E-state index is 14.0. The van der Waals surface area contributed by atoms with Crippen LogP contribution in [0.15, 0.2) is 50.7 Å². The minimum atomic E-state index is -0.411. The smallest absolute Gasteiger partial charge is 0.151 e. The third-order valence-corrected chi connectivity index (χ3v) is 4.35. The lowest BCUT2D eigenvalue weighted by Crippen LogP contribution is -1.99. The van der Waals surface area contributed by atoms with Crippen LogP contribution in [0.3, 0.4) is 0 Å². The van der Waals surface area contributed by atoms with Crippen LogP contribution in [0.5, 0.6) is 0 Å². The summed E-state index contributed by atoms with van der Waals surface area (Å²) in [7, 11) is 0. The maximum atomic E-state index is 14.0. The van der Waals surface area contributed by atoms with Crippen LogP contribution in [0.2, 0.25) is 0 Å². The van der Waals surface area contributed by atoms with E-state index in [1.54, 1.807) is 30.3 Å². The summed E-state index contributed by atoms with van der Waals surface area (Å²) < 4.78 is 27.8. The molecule has 0 aliphatic heterocycles. The molecule has 1 nitrogen and oxygen atoms in total. The lowest BCUT2D eigenvalue weighted by atomic mass is 10.2. The molecule has 0 heterocycles. The first-order chi connectivity index (χ1) is 8.63. The molecule has 0 bridgehead atoms. The van der Waals surface area contributed by atoms with Gasteiger partial charge in [0.2, 0.25) is 0 Å². The standard InChI is InChI=1S/C13H10BrF2NS/c14-12-8(7-17)5-6-11(13(12)16)18-10-4-2-1-3-9(10)15/h1-6H,7,17H2. The molecule has 18 heavy (non-hydrogen) atoms. The van der Waals surface area contributed by atoms with Crippen LogP contribution in [-0.4, -0.2) is 0 Å². The molecule has 0 radical (unpaired) electrons. The molecule has 0 saturated heterocycles. The molecule has 2 aromatic carbocycles. The molecule has 5 heteroatoms. The van der Waals surface area contributed by atoms with E-state index in [0.717, 1.165) is 11.8 Å². The van der Waals surface area contributed by atoms with Gasteiger partial charge in [0, 0.05) is 16.3 Å². The third kappa shape index (κ3) is 2.74. The van der Waals surface area contributed by atoms with Crippen molar-refractivity contribution in [3.8, 4) is 0 Å². The SMILES string of the molecule is NCc1ccc(Sc2ccccc2F)c(F)c1Br. The van der Waals surface area contributed by atoms with E-state index in [1.807, 2.05) is 0 Å². The third-order valence-electron chi connectivity index (χ3n) is 2.40. The van der Waals surface area contributed by atoms with Crippen molar-refractivity contribution in [2.24, 2.45) is 5.73 Å². The minimum Gasteiger partial charge on any atom is -0.326 e. The predicted octanol–water partition coefficient (Wildman–Crippen LogP) is 4.34. The molecule has 0 unspecified atom stereocenters. The zero-order valence-electron chi connectivity index (χ0n) is 9.29. The van der Waals surface area contributed by atoms with Crippen molar-refractivity contribution in [1.82, 2.24) is 0 Å². The molecule has 2 N–H and O–H groups in total. The molecule has 0 saturated carbocycles. The maximum Gasteiger partial charge on any atom is 0.151 e. The Morgan fingerprint density at radius 2 is 1.78 bits per heavy atom. The van der Waals surface area contributed by atoms with Gasteiger partial charge >= 0.3 is 0 Å². The van der Waals surface area contributed by atoms with Crippen molar-refractivity contribution in [3.63, 3.8) is 0 Å². The first-order valence-electron chi connectivity index (χ1n) is 5.23. The molecule has 0 aliphatic rings. The van der Waals surface area contributed by atoms with Crippen molar-refractivity contribution >= 4 is 27.7 Å². The van der Waals surface area contributed by atoms with Crippen LogP contribution in [0, 0.1) is 11.6 Å². The summed E-state index contributed by atoms with van der Waals surface area (Å²) in [5, 5.41) is 0. The topological polar surface area (TPSA) is 26.0 Å². The monoisotopic (exact) mass is 329 g/mol. The molecule has 2 rings (SSSR count). The number of benzene rings is 2. The Hall–Kier alpha value is -0.910. The van der Waals surface area contributed by atoms with Crippen LogP contribution in [0.4, 0.5) is 8.78 Å². The van der Waals surface area contributed by atoms with Crippen LogP contribution in [-0.2, 0) is 6.54 Å². The lowest BCUT2D eigenvalue weighted by Gasteiger charge is -2.08. The Kier molecular flexibility index (Phi) is 4.37. The number of halogens is 3. The number of hydrogen-bond donors (Lipinski definition) is 1. The second-order valence-corrected chi connectivity index (χ2v) is 5.46. The van der Waals surface area contributed by atoms with E-state index in [1.165, 1.54) is 6.07 Å². The highest BCUT2D eigenvalue weighted by Crippen LogP contribution is 2.35. The zero-order chi connectivity index (χ0) is 13.1. The summed E-state index contributed by atoms with van der Waals surface area (Å²) in [6.07, 6.45) is 0. The van der Waals surface area contributed by atoms with Gasteiger partial charge < -0.3 is 5.73 Å². The number of rotatable bonds is 3. The predicted molar refractivity (Wildman–Crippen MR) is 72.5 cm³/mol. The Morgan fingerprint density at radius 3 is 2.44 bits per heavy atom. The first-order valence-corrected chi connectivity index (χ1v) is 6.83. The number of nitrogens with two attached hydrogens (primary N) is 1. The van der Waals surface area contributed by atoms with Crippen molar-refractivity contribution < 1.29 is 8.78 Å². The Labute approximate surface area is 117 Å². The van der Waals surface area contributed by atoms with E-state index in [-0.39, 0.29) is 12.4 Å². The summed E-state index contributed by atoms with van der Waals surface area (Å²) in [6.45, 7) is 0.252. The molecule has 94 valence electrons. The van der Waals surface area contributed by atoms with E-state index in [0.29, 0.717) is 19.8 Å². The van der Waals surface area contributed by atoms with Gasteiger partial charge in [-0.15, -0.1) is 0 Å². The van der Waals surface area contributed by atoms with Gasteiger partial charge in [-0.2, -0.15) is 0 Å². The van der Waals surface area contributed by atoms with Crippen LogP contribution in [0.25, 0.3) is 0 Å². The van der Waals surface area contributed by atoms with Gasteiger partial charge in [0.1, 0.15) is 5.82 Å². The van der Waals surface area contributed by atoms with Crippen LogP contribution in [0.1, 0.15) is 5.56 Å². The quantitative estimate of drug-likeness (QED) is 0.906. The van der Waals surface area contributed by atoms with Gasteiger partial charge in [0.05, 0.1) is 4.47 Å². The normalized spacial score (nSPS) is 10.7. The summed E-state index contributed by atoms with van der Waals surface area (Å²) in [4.78, 5) is 0.757. The molecule has 0 atom stereocenters.